The Bertz CT molecular complexity index is 388. The van der Waals surface area contributed by atoms with E-state index in [1.54, 1.807) is 6.20 Å². The highest BCUT2D eigenvalue weighted by Gasteiger charge is 2.29. The fourth-order valence-electron chi connectivity index (χ4n) is 3.34. The van der Waals surface area contributed by atoms with Crippen LogP contribution in [0.2, 0.25) is 0 Å². The molecule has 0 amide bonds. The molecule has 3 N–H and O–H groups in total. The van der Waals surface area contributed by atoms with Crippen LogP contribution in [0.15, 0.2) is 12.3 Å². The maximum absolute atomic E-state index is 6.14. The first-order valence-corrected chi connectivity index (χ1v) is 7.57. The number of aryl methyl sites for hydroxylation is 1. The first-order chi connectivity index (χ1) is 9.13. The lowest BCUT2D eigenvalue weighted by molar-refractivity contribution is 0.233. The van der Waals surface area contributed by atoms with Crippen LogP contribution in [0.4, 0.5) is 5.82 Å². The fourth-order valence-corrected chi connectivity index (χ4v) is 3.34. The summed E-state index contributed by atoms with van der Waals surface area (Å²) in [4.78, 5) is 4.29. The van der Waals surface area contributed by atoms with Gasteiger partial charge in [-0.25, -0.2) is 4.98 Å². The molecule has 1 saturated carbocycles. The van der Waals surface area contributed by atoms with Crippen molar-refractivity contribution >= 4 is 5.82 Å². The number of nitrogen functional groups attached to an aromatic ring is 1. The number of anilines is 1. The highest BCUT2D eigenvalue weighted by atomic mass is 14.9. The molecule has 1 unspecified atom stereocenters. The Hall–Kier alpha value is -1.09. The van der Waals surface area contributed by atoms with Crippen LogP contribution >= 0.6 is 0 Å². The van der Waals surface area contributed by atoms with E-state index < -0.39 is 0 Å². The Morgan fingerprint density at radius 3 is 2.63 bits per heavy atom. The summed E-state index contributed by atoms with van der Waals surface area (Å²) in [6.07, 6.45) is 7.08. The van der Waals surface area contributed by atoms with Gasteiger partial charge in [0.2, 0.25) is 0 Å². The van der Waals surface area contributed by atoms with E-state index in [1.165, 1.54) is 36.8 Å². The minimum Gasteiger partial charge on any atom is -0.383 e. The van der Waals surface area contributed by atoms with E-state index in [1.807, 2.05) is 0 Å². The number of aromatic nitrogens is 1. The number of hydrogen-bond donors (Lipinski definition) is 2. The Kier molecular flexibility index (Phi) is 4.81. The van der Waals surface area contributed by atoms with Gasteiger partial charge in [0.05, 0.1) is 0 Å². The van der Waals surface area contributed by atoms with Crippen molar-refractivity contribution in [3.63, 3.8) is 0 Å². The summed E-state index contributed by atoms with van der Waals surface area (Å²) < 4.78 is 0. The molecule has 1 aliphatic rings. The molecule has 0 aromatic carbocycles. The van der Waals surface area contributed by atoms with E-state index >= 15 is 0 Å². The number of nitrogens with zero attached hydrogens (tertiary/aromatic N) is 1. The lowest BCUT2D eigenvalue weighted by atomic mass is 9.76. The third kappa shape index (κ3) is 3.27. The number of rotatable bonds is 4. The monoisotopic (exact) mass is 261 g/mol. The average molecular weight is 261 g/mol. The molecule has 1 heterocycles. The maximum Gasteiger partial charge on any atom is 0.128 e. The zero-order valence-corrected chi connectivity index (χ0v) is 12.4. The molecule has 1 atom stereocenters. The van der Waals surface area contributed by atoms with Gasteiger partial charge in [-0.05, 0) is 49.8 Å². The highest BCUT2D eigenvalue weighted by molar-refractivity contribution is 5.46. The van der Waals surface area contributed by atoms with Gasteiger partial charge >= 0.3 is 0 Å². The Morgan fingerprint density at radius 2 is 2.05 bits per heavy atom. The van der Waals surface area contributed by atoms with Crippen LogP contribution in [-0.2, 0) is 0 Å². The van der Waals surface area contributed by atoms with Crippen LogP contribution in [0, 0.1) is 18.8 Å². The third-order valence-corrected chi connectivity index (χ3v) is 4.51. The molecule has 0 aliphatic heterocycles. The molecule has 1 aromatic heterocycles. The van der Waals surface area contributed by atoms with Gasteiger partial charge in [-0.2, -0.15) is 0 Å². The van der Waals surface area contributed by atoms with Crippen molar-refractivity contribution in [3.05, 3.63) is 23.4 Å². The molecule has 19 heavy (non-hydrogen) atoms. The van der Waals surface area contributed by atoms with Crippen molar-refractivity contribution in [1.82, 2.24) is 10.3 Å². The molecule has 0 radical (unpaired) electrons. The summed E-state index contributed by atoms with van der Waals surface area (Å²) in [5.41, 5.74) is 8.62. The molecular formula is C16H27N3. The number of nitrogens with one attached hydrogen (secondary N) is 1. The summed E-state index contributed by atoms with van der Waals surface area (Å²) in [6, 6.07) is 2.44. The minimum atomic E-state index is 0.367. The molecule has 2 rings (SSSR count). The first-order valence-electron chi connectivity index (χ1n) is 7.57. The van der Waals surface area contributed by atoms with Crippen LogP contribution in [-0.4, -0.2) is 11.5 Å². The zero-order chi connectivity index (χ0) is 13.8. The lowest BCUT2D eigenvalue weighted by Gasteiger charge is -2.34. The topological polar surface area (TPSA) is 50.9 Å². The Morgan fingerprint density at radius 1 is 1.37 bits per heavy atom. The van der Waals surface area contributed by atoms with Gasteiger partial charge in [-0.15, -0.1) is 0 Å². The van der Waals surface area contributed by atoms with Gasteiger partial charge in [0.25, 0.3) is 0 Å². The van der Waals surface area contributed by atoms with Gasteiger partial charge in [0.15, 0.2) is 0 Å². The highest BCUT2D eigenvalue weighted by Crippen LogP contribution is 2.38. The predicted octanol–water partition coefficient (Wildman–Crippen LogP) is 3.45. The number of hydrogen-bond acceptors (Lipinski definition) is 3. The lowest BCUT2D eigenvalue weighted by Crippen LogP contribution is -2.32. The van der Waals surface area contributed by atoms with E-state index in [2.05, 4.69) is 37.1 Å². The second kappa shape index (κ2) is 6.38. The van der Waals surface area contributed by atoms with Gasteiger partial charge in [-0.1, -0.05) is 26.7 Å². The van der Waals surface area contributed by atoms with Gasteiger partial charge in [-0.3, -0.25) is 0 Å². The molecule has 3 nitrogen and oxygen atoms in total. The van der Waals surface area contributed by atoms with Crippen LogP contribution in [0.1, 0.15) is 56.7 Å². The summed E-state index contributed by atoms with van der Waals surface area (Å²) in [5.74, 6) is 2.27. The number of nitrogens with two attached hydrogens (primary N) is 1. The third-order valence-electron chi connectivity index (χ3n) is 4.51. The molecule has 3 heteroatoms. The van der Waals surface area contributed by atoms with Gasteiger partial charge in [0, 0.05) is 17.8 Å². The normalized spacial score (nSPS) is 25.2. The van der Waals surface area contributed by atoms with Crippen LogP contribution in [0.5, 0.6) is 0 Å². The molecular weight excluding hydrogens is 234 g/mol. The zero-order valence-electron chi connectivity index (χ0n) is 12.4. The first kappa shape index (κ1) is 14.3. The maximum atomic E-state index is 6.14. The van der Waals surface area contributed by atoms with E-state index in [9.17, 15) is 0 Å². The predicted molar refractivity (Wildman–Crippen MR) is 80.9 cm³/mol. The molecule has 0 saturated heterocycles. The molecule has 1 fully saturated rings. The van der Waals surface area contributed by atoms with Crippen molar-refractivity contribution in [2.24, 2.45) is 11.8 Å². The van der Waals surface area contributed by atoms with Crippen molar-refractivity contribution < 1.29 is 0 Å². The standard InChI is InChI=1S/C16H27N3/c1-4-18-15(13-7-5-11(2)6-8-13)14-12(3)9-10-19-16(14)17/h9-11,13,15,18H,4-8H2,1-3H3,(H2,17,19). The molecule has 106 valence electrons. The van der Waals surface area contributed by atoms with E-state index in [0.29, 0.717) is 17.8 Å². The SMILES string of the molecule is CCNC(c1c(C)ccnc1N)C1CCC(C)CC1. The minimum absolute atomic E-state index is 0.367. The Balaban J connectivity index is 2.24. The van der Waals surface area contributed by atoms with Crippen LogP contribution in [0.25, 0.3) is 0 Å². The molecule has 1 aromatic rings. The van der Waals surface area contributed by atoms with Gasteiger partial charge < -0.3 is 11.1 Å². The second-order valence-electron chi connectivity index (χ2n) is 5.98. The summed E-state index contributed by atoms with van der Waals surface area (Å²) >= 11 is 0. The second-order valence-corrected chi connectivity index (χ2v) is 5.98. The van der Waals surface area contributed by atoms with Crippen molar-refractivity contribution in [1.29, 1.82) is 0 Å². The number of pyridine rings is 1. The van der Waals surface area contributed by atoms with Crippen LogP contribution in [0.3, 0.4) is 0 Å². The van der Waals surface area contributed by atoms with E-state index in [4.69, 9.17) is 5.73 Å². The molecule has 1 aliphatic carbocycles. The van der Waals surface area contributed by atoms with Crippen LogP contribution < -0.4 is 11.1 Å². The van der Waals surface area contributed by atoms with Crippen molar-refractivity contribution in [3.8, 4) is 0 Å². The summed E-state index contributed by atoms with van der Waals surface area (Å²) in [7, 11) is 0. The van der Waals surface area contributed by atoms with Gasteiger partial charge in [0.1, 0.15) is 5.82 Å². The summed E-state index contributed by atoms with van der Waals surface area (Å²) in [6.45, 7) is 7.65. The van der Waals surface area contributed by atoms with Crippen molar-refractivity contribution in [2.75, 3.05) is 12.3 Å². The van der Waals surface area contributed by atoms with E-state index in [-0.39, 0.29) is 0 Å². The molecule has 0 bridgehead atoms. The molecule has 0 spiro atoms. The Labute approximate surface area is 117 Å². The largest absolute Gasteiger partial charge is 0.383 e. The quantitative estimate of drug-likeness (QED) is 0.873. The smallest absolute Gasteiger partial charge is 0.128 e. The van der Waals surface area contributed by atoms with E-state index in [0.717, 1.165) is 12.5 Å². The fraction of sp³-hybridized carbons (Fsp3) is 0.688. The van der Waals surface area contributed by atoms with Crippen molar-refractivity contribution in [2.45, 2.75) is 52.5 Å². The average Bonchev–Trinajstić information content (AvgIpc) is 2.38. The summed E-state index contributed by atoms with van der Waals surface area (Å²) in [5, 5.41) is 3.65.